The van der Waals surface area contributed by atoms with Crippen molar-refractivity contribution in [3.05, 3.63) is 151 Å². The van der Waals surface area contributed by atoms with Gasteiger partial charge in [-0.15, -0.1) is 0 Å². The van der Waals surface area contributed by atoms with Crippen molar-refractivity contribution in [2.24, 2.45) is 0 Å². The van der Waals surface area contributed by atoms with Crippen molar-refractivity contribution in [3.63, 3.8) is 0 Å². The lowest BCUT2D eigenvalue weighted by Gasteiger charge is -2.44. The Hall–Kier alpha value is -4.44. The van der Waals surface area contributed by atoms with E-state index < -0.39 is 6.15 Å². The molecule has 0 saturated heterocycles. The van der Waals surface area contributed by atoms with Crippen LogP contribution in [-0.2, 0) is 0 Å². The Morgan fingerprint density at radius 1 is 0.541 bits per heavy atom. The normalized spacial score (nSPS) is 10.7. The molecule has 0 aliphatic heterocycles. The zero-order chi connectivity index (χ0) is 26.1. The van der Waals surface area contributed by atoms with Gasteiger partial charge >= 0.3 is 6.03 Å². The first-order valence-electron chi connectivity index (χ1n) is 12.6. The van der Waals surface area contributed by atoms with Crippen LogP contribution in [-0.4, -0.2) is 31.2 Å². The summed E-state index contributed by atoms with van der Waals surface area (Å²) in [5.74, 6) is 0. The Labute approximate surface area is 220 Å². The van der Waals surface area contributed by atoms with Crippen LogP contribution < -0.4 is 26.4 Å². The first-order valence-corrected chi connectivity index (χ1v) is 12.6. The van der Waals surface area contributed by atoms with Gasteiger partial charge in [0, 0.05) is 0 Å². The second-order valence-electron chi connectivity index (χ2n) is 9.47. The second-order valence-corrected chi connectivity index (χ2v) is 9.47. The first kappa shape index (κ1) is 25.7. The van der Waals surface area contributed by atoms with E-state index in [1.165, 1.54) is 26.8 Å². The van der Waals surface area contributed by atoms with Gasteiger partial charge in [-0.05, 0) is 24.6 Å². The molecule has 0 saturated carbocycles. The molecule has 5 aromatic rings. The summed E-state index contributed by atoms with van der Waals surface area (Å²) < 4.78 is 1.55. The largest absolute Gasteiger partial charge is 0.497 e. The lowest BCUT2D eigenvalue weighted by atomic mass is 9.13. The van der Waals surface area contributed by atoms with E-state index in [0.717, 1.165) is 5.56 Å². The number of hydrogen-bond acceptors (Lipinski definition) is 1. The molecule has 0 aliphatic carbocycles. The summed E-state index contributed by atoms with van der Waals surface area (Å²) >= 11 is 0. The maximum absolute atomic E-state index is 11.3. The van der Waals surface area contributed by atoms with E-state index in [0.29, 0.717) is 0 Å². The van der Waals surface area contributed by atoms with Gasteiger partial charge in [0.05, 0.1) is 26.5 Å². The highest BCUT2D eigenvalue weighted by atomic mass is 16.2. The fraction of sp³-hybridized carbons (Fsp3) is 0.0909. The molecular weight excluding hydrogens is 451 g/mol. The van der Waals surface area contributed by atoms with Gasteiger partial charge in [-0.2, -0.15) is 31.2 Å². The lowest BCUT2D eigenvalue weighted by Crippen LogP contribution is -2.74. The Balaban J connectivity index is 0.000000225. The number of hydrogen-bond donors (Lipinski definition) is 0. The Morgan fingerprint density at radius 3 is 1.11 bits per heavy atom. The van der Waals surface area contributed by atoms with Gasteiger partial charge in [0.1, 0.15) is 6.15 Å². The molecule has 0 radical (unpaired) electrons. The highest BCUT2D eigenvalue weighted by molar-refractivity contribution is 7.19. The Kier molecular flexibility index (Phi) is 8.32. The third-order valence-corrected chi connectivity index (χ3v) is 6.80. The molecule has 0 aliphatic rings. The van der Waals surface area contributed by atoms with Crippen LogP contribution in [0.25, 0.3) is 0 Å². The number of carbonyl (C=O) groups excluding carboxylic acids is 1. The monoisotopic (exact) mass is 484 g/mol. The van der Waals surface area contributed by atoms with Gasteiger partial charge in [-0.25, -0.2) is 4.90 Å². The molecule has 3 nitrogen and oxygen atoms in total. The quantitative estimate of drug-likeness (QED) is 0.281. The number of pyridine rings is 1. The van der Waals surface area contributed by atoms with Crippen LogP contribution in [0, 0.1) is 6.92 Å². The van der Waals surface area contributed by atoms with Crippen molar-refractivity contribution in [2.45, 2.75) is 6.92 Å². The summed E-state index contributed by atoms with van der Waals surface area (Å²) in [4.78, 5) is 12.9. The number of benzene rings is 4. The number of aromatic nitrogens is 1. The third kappa shape index (κ3) is 5.70. The summed E-state index contributed by atoms with van der Waals surface area (Å²) in [6.45, 7) is 1.99. The summed E-state index contributed by atoms with van der Waals surface area (Å²) in [7, 11) is 3.46. The van der Waals surface area contributed by atoms with Gasteiger partial charge in [-0.3, -0.25) is 0 Å². The zero-order valence-corrected chi connectivity index (χ0v) is 21.7. The Bertz CT molecular complexity index is 1230. The summed E-state index contributed by atoms with van der Waals surface area (Å²) in [6, 6.07) is 47.3. The second kappa shape index (κ2) is 12.0. The molecule has 0 bridgehead atoms. The fourth-order valence-corrected chi connectivity index (χ4v) is 4.98. The molecule has 0 N–H and O–H groups in total. The standard InChI is InChI=1S/C24H20B.C9H13N2O/c1-5-13-21(14-6-1)25(22-15-7-2-8-16-22,23-17-9-3-10-18-23)24-19-11-4-12-20-24;1-8-4-6-11(7-5-8)9(12)10(2)3/h1-20H;4-7H,1-3H3/q-1;+1. The van der Waals surface area contributed by atoms with Gasteiger partial charge in [0.15, 0.2) is 0 Å². The number of nitrogens with zero attached hydrogens (tertiary/aromatic N) is 2. The van der Waals surface area contributed by atoms with E-state index in [-0.39, 0.29) is 6.03 Å². The minimum Gasteiger partial charge on any atom is -0.231 e. The predicted octanol–water partition coefficient (Wildman–Crippen LogP) is 3.88. The van der Waals surface area contributed by atoms with Crippen LogP contribution >= 0.6 is 0 Å². The van der Waals surface area contributed by atoms with Crippen molar-refractivity contribution in [1.82, 2.24) is 4.90 Å². The molecular formula is C33H33BN2O. The van der Waals surface area contributed by atoms with E-state index in [1.54, 1.807) is 31.1 Å². The molecule has 4 heteroatoms. The minimum absolute atomic E-state index is 0.0324. The maximum atomic E-state index is 11.3. The summed E-state index contributed by atoms with van der Waals surface area (Å²) in [5.41, 5.74) is 6.51. The zero-order valence-electron chi connectivity index (χ0n) is 21.7. The van der Waals surface area contributed by atoms with Crippen molar-refractivity contribution in [2.75, 3.05) is 14.1 Å². The predicted molar refractivity (Wildman–Crippen MR) is 156 cm³/mol. The van der Waals surface area contributed by atoms with E-state index in [4.69, 9.17) is 0 Å². The number of rotatable bonds is 4. The average molecular weight is 484 g/mol. The smallest absolute Gasteiger partial charge is 0.231 e. The van der Waals surface area contributed by atoms with Gasteiger partial charge in [-0.1, -0.05) is 121 Å². The molecule has 0 unspecified atom stereocenters. The number of aryl methyl sites for hydroxylation is 1. The van der Waals surface area contributed by atoms with Gasteiger partial charge in [0.25, 0.3) is 0 Å². The van der Waals surface area contributed by atoms with Gasteiger partial charge < -0.3 is 0 Å². The molecule has 4 aromatic carbocycles. The van der Waals surface area contributed by atoms with Crippen molar-refractivity contribution >= 4 is 34.0 Å². The van der Waals surface area contributed by atoms with E-state index >= 15 is 0 Å². The van der Waals surface area contributed by atoms with E-state index in [1.807, 2.05) is 19.1 Å². The van der Waals surface area contributed by atoms with Crippen LogP contribution in [0.5, 0.6) is 0 Å². The first-order chi connectivity index (χ1) is 18.0. The molecule has 1 heterocycles. The highest BCUT2D eigenvalue weighted by Crippen LogP contribution is 2.09. The molecule has 37 heavy (non-hydrogen) atoms. The molecule has 5 rings (SSSR count). The van der Waals surface area contributed by atoms with E-state index in [9.17, 15) is 4.79 Å². The molecule has 1 amide bonds. The molecule has 1 aromatic heterocycles. The van der Waals surface area contributed by atoms with Crippen LogP contribution in [0.4, 0.5) is 4.79 Å². The van der Waals surface area contributed by atoms with Crippen molar-refractivity contribution in [1.29, 1.82) is 0 Å². The van der Waals surface area contributed by atoms with E-state index in [2.05, 4.69) is 121 Å². The van der Waals surface area contributed by atoms with Crippen LogP contribution in [0.2, 0.25) is 0 Å². The Morgan fingerprint density at radius 2 is 0.838 bits per heavy atom. The number of carbonyl (C=O) groups is 1. The van der Waals surface area contributed by atoms with Crippen LogP contribution in [0.15, 0.2) is 146 Å². The summed E-state index contributed by atoms with van der Waals surface area (Å²) in [6.07, 6.45) is 2.31. The summed E-state index contributed by atoms with van der Waals surface area (Å²) in [5, 5.41) is 0. The highest BCUT2D eigenvalue weighted by Gasteiger charge is 2.31. The lowest BCUT2D eigenvalue weighted by molar-refractivity contribution is -0.577. The average Bonchev–Trinajstić information content (AvgIpc) is 2.96. The van der Waals surface area contributed by atoms with Crippen molar-refractivity contribution in [3.8, 4) is 0 Å². The topological polar surface area (TPSA) is 24.2 Å². The van der Waals surface area contributed by atoms with Crippen LogP contribution in [0.3, 0.4) is 0 Å². The fourth-order valence-electron chi connectivity index (χ4n) is 4.98. The van der Waals surface area contributed by atoms with Crippen molar-refractivity contribution < 1.29 is 9.36 Å². The van der Waals surface area contributed by atoms with Gasteiger partial charge in [0.2, 0.25) is 0 Å². The molecule has 0 atom stereocenters. The minimum atomic E-state index is -1.22. The molecule has 0 fully saturated rings. The third-order valence-electron chi connectivity index (χ3n) is 6.80. The molecule has 184 valence electrons. The maximum Gasteiger partial charge on any atom is 0.497 e. The molecule has 0 spiro atoms. The SMILES string of the molecule is Cc1cc[n+](C(=O)N(C)C)cc1.c1ccc([B-](c2ccccc2)(c2ccccc2)c2ccccc2)cc1. The number of amides is 1. The van der Waals surface area contributed by atoms with Crippen LogP contribution in [0.1, 0.15) is 5.56 Å².